The second-order valence-corrected chi connectivity index (χ2v) is 10.5. The van der Waals surface area contributed by atoms with Gasteiger partial charge in [0.05, 0.1) is 21.8 Å². The quantitative estimate of drug-likeness (QED) is 0.233. The number of amides is 1. The molecule has 5 rings (SSSR count). The Hall–Kier alpha value is -2.32. The summed E-state index contributed by atoms with van der Waals surface area (Å²) >= 11 is 14.6. The fourth-order valence-corrected chi connectivity index (χ4v) is 6.14. The van der Waals surface area contributed by atoms with Gasteiger partial charge < -0.3 is 10.3 Å². The molecule has 0 saturated heterocycles. The van der Waals surface area contributed by atoms with Gasteiger partial charge in [0.15, 0.2) is 5.16 Å². The van der Waals surface area contributed by atoms with Gasteiger partial charge >= 0.3 is 0 Å². The molecule has 0 unspecified atom stereocenters. The predicted octanol–water partition coefficient (Wildman–Crippen LogP) is 6.57. The van der Waals surface area contributed by atoms with Gasteiger partial charge in [0.1, 0.15) is 4.83 Å². The number of H-pyrrole nitrogens is 1. The lowest BCUT2D eigenvalue weighted by Gasteiger charge is -2.16. The topological polar surface area (TPSA) is 74.8 Å². The number of nitrogens with one attached hydrogen (secondary N) is 2. The molecule has 5 nitrogen and oxygen atoms in total. The maximum absolute atomic E-state index is 12.9. The number of fused-ring (bicyclic) bond motifs is 2. The molecule has 1 aliphatic carbocycles. The van der Waals surface area contributed by atoms with Crippen LogP contribution in [0.5, 0.6) is 0 Å². The molecule has 0 atom stereocenters. The highest BCUT2D eigenvalue weighted by molar-refractivity contribution is 7.99. The Morgan fingerprint density at radius 3 is 2.76 bits per heavy atom. The summed E-state index contributed by atoms with van der Waals surface area (Å²) in [7, 11) is 0. The molecular weight excluding hydrogens is 497 g/mol. The first-order valence-corrected chi connectivity index (χ1v) is 13.1. The number of nitrogens with zero attached hydrogens (tertiary/aromatic N) is 1. The number of thioether (sulfide) groups is 1. The molecule has 2 aromatic carbocycles. The first kappa shape index (κ1) is 22.5. The largest absolute Gasteiger partial charge is 0.324 e. The van der Waals surface area contributed by atoms with Gasteiger partial charge in [-0.1, -0.05) is 53.2 Å². The molecule has 1 aliphatic rings. The molecule has 0 aliphatic heterocycles. The van der Waals surface area contributed by atoms with Crippen LogP contribution >= 0.6 is 46.3 Å². The van der Waals surface area contributed by atoms with Gasteiger partial charge in [-0.15, -0.1) is 11.3 Å². The van der Waals surface area contributed by atoms with Crippen molar-refractivity contribution >= 4 is 68.1 Å². The second-order valence-electron chi connectivity index (χ2n) is 7.85. The molecule has 2 heterocycles. The zero-order chi connectivity index (χ0) is 22.9. The third-order valence-electron chi connectivity index (χ3n) is 5.63. The summed E-state index contributed by atoms with van der Waals surface area (Å²) in [5, 5.41) is 6.59. The number of aryl methyl sites for hydroxylation is 2. The summed E-state index contributed by atoms with van der Waals surface area (Å²) in [5.74, 6) is -0.177. The minimum atomic E-state index is -0.257. The Kier molecular flexibility index (Phi) is 6.47. The van der Waals surface area contributed by atoms with E-state index in [0.717, 1.165) is 24.0 Å². The number of halogens is 2. The summed E-state index contributed by atoms with van der Waals surface area (Å²) in [6.07, 6.45) is 4.66. The van der Waals surface area contributed by atoms with E-state index in [1.807, 2.05) is 5.38 Å². The van der Waals surface area contributed by atoms with Gasteiger partial charge in [0, 0.05) is 16.0 Å². The van der Waals surface area contributed by atoms with Crippen LogP contribution < -0.4 is 10.9 Å². The van der Waals surface area contributed by atoms with Gasteiger partial charge in [-0.25, -0.2) is 4.98 Å². The van der Waals surface area contributed by atoms with Crippen LogP contribution in [0.2, 0.25) is 10.0 Å². The van der Waals surface area contributed by atoms with Crippen LogP contribution in [0.25, 0.3) is 21.3 Å². The Morgan fingerprint density at radius 2 is 1.94 bits per heavy atom. The first-order valence-electron chi connectivity index (χ1n) is 10.5. The predicted molar refractivity (Wildman–Crippen MR) is 138 cm³/mol. The fourth-order valence-electron chi connectivity index (χ4n) is 4.02. The minimum absolute atomic E-state index is 0.0798. The van der Waals surface area contributed by atoms with Crippen molar-refractivity contribution in [2.45, 2.75) is 30.8 Å². The van der Waals surface area contributed by atoms with E-state index >= 15 is 0 Å². The summed E-state index contributed by atoms with van der Waals surface area (Å²) in [6, 6.07) is 11.4. The number of aromatic amines is 1. The normalized spacial score (nSPS) is 13.2. The number of hydrogen-bond donors (Lipinski definition) is 2. The van der Waals surface area contributed by atoms with Gasteiger partial charge in [-0.3, -0.25) is 9.59 Å². The molecule has 0 spiro atoms. The second kappa shape index (κ2) is 9.50. The maximum atomic E-state index is 12.9. The van der Waals surface area contributed by atoms with Crippen molar-refractivity contribution in [2.75, 3.05) is 11.1 Å². The third-order valence-corrected chi connectivity index (χ3v) is 7.92. The molecule has 168 valence electrons. The van der Waals surface area contributed by atoms with Crippen molar-refractivity contribution in [1.29, 1.82) is 0 Å². The van der Waals surface area contributed by atoms with Crippen molar-refractivity contribution in [3.63, 3.8) is 0 Å². The van der Waals surface area contributed by atoms with E-state index in [9.17, 15) is 9.59 Å². The molecule has 1 amide bonds. The molecule has 4 aromatic rings. The molecule has 33 heavy (non-hydrogen) atoms. The highest BCUT2D eigenvalue weighted by Crippen LogP contribution is 2.34. The van der Waals surface area contributed by atoms with E-state index < -0.39 is 0 Å². The molecule has 0 bridgehead atoms. The van der Waals surface area contributed by atoms with Gasteiger partial charge in [-0.2, -0.15) is 0 Å². The van der Waals surface area contributed by atoms with Crippen molar-refractivity contribution in [3.8, 4) is 11.1 Å². The molecule has 9 heteroatoms. The van der Waals surface area contributed by atoms with Crippen LogP contribution in [-0.2, 0) is 17.6 Å². The van der Waals surface area contributed by atoms with Crippen LogP contribution in [-0.4, -0.2) is 21.6 Å². The van der Waals surface area contributed by atoms with E-state index in [4.69, 9.17) is 23.2 Å². The highest BCUT2D eigenvalue weighted by Gasteiger charge is 2.16. The number of carbonyl (C=O) groups is 1. The summed E-state index contributed by atoms with van der Waals surface area (Å²) < 4.78 is 0. The van der Waals surface area contributed by atoms with Gasteiger partial charge in [-0.05, 0) is 60.6 Å². The van der Waals surface area contributed by atoms with E-state index in [-0.39, 0.29) is 17.2 Å². The number of aromatic nitrogens is 2. The average molecular weight is 516 g/mol. The van der Waals surface area contributed by atoms with Crippen LogP contribution in [0.3, 0.4) is 0 Å². The summed E-state index contributed by atoms with van der Waals surface area (Å²) in [5.41, 5.74) is 5.03. The summed E-state index contributed by atoms with van der Waals surface area (Å²) in [4.78, 5) is 33.3. The van der Waals surface area contributed by atoms with Crippen molar-refractivity contribution in [1.82, 2.24) is 9.97 Å². The Bertz CT molecular complexity index is 1430. The van der Waals surface area contributed by atoms with E-state index in [0.29, 0.717) is 31.1 Å². The zero-order valence-corrected chi connectivity index (χ0v) is 20.6. The van der Waals surface area contributed by atoms with Crippen LogP contribution in [0.15, 0.2) is 51.7 Å². The van der Waals surface area contributed by atoms with E-state index in [1.165, 1.54) is 47.1 Å². The molecule has 0 radical (unpaired) electrons. The highest BCUT2D eigenvalue weighted by atomic mass is 35.5. The lowest BCUT2D eigenvalue weighted by Crippen LogP contribution is -2.15. The SMILES string of the molecule is O=C(CSc1nc2scc(-c3ccc4c(c3)CCCC4)c2c(=O)[nH]1)Nc1ccc(Cl)cc1Cl. The lowest BCUT2D eigenvalue weighted by atomic mass is 9.89. The number of thiophene rings is 1. The van der Waals surface area contributed by atoms with Gasteiger partial charge in [0.2, 0.25) is 5.91 Å². The zero-order valence-electron chi connectivity index (χ0n) is 17.4. The first-order chi connectivity index (χ1) is 16.0. The smallest absolute Gasteiger partial charge is 0.260 e. The minimum Gasteiger partial charge on any atom is -0.324 e. The molecule has 2 aromatic heterocycles. The maximum Gasteiger partial charge on any atom is 0.260 e. The van der Waals surface area contributed by atoms with Crippen LogP contribution in [0, 0.1) is 0 Å². The van der Waals surface area contributed by atoms with Gasteiger partial charge in [0.25, 0.3) is 5.56 Å². The Labute approximate surface area is 208 Å². The molecule has 0 saturated carbocycles. The number of benzene rings is 2. The molecule has 2 N–H and O–H groups in total. The fraction of sp³-hybridized carbons (Fsp3) is 0.208. The molecule has 0 fully saturated rings. The number of rotatable bonds is 5. The lowest BCUT2D eigenvalue weighted by molar-refractivity contribution is -0.113. The van der Waals surface area contributed by atoms with Crippen LogP contribution in [0.4, 0.5) is 5.69 Å². The number of anilines is 1. The van der Waals surface area contributed by atoms with E-state index in [1.54, 1.807) is 18.2 Å². The van der Waals surface area contributed by atoms with Crippen molar-refractivity contribution < 1.29 is 4.79 Å². The number of carbonyl (C=O) groups excluding carboxylic acids is 1. The molecular formula is C24H19Cl2N3O2S2. The van der Waals surface area contributed by atoms with Crippen LogP contribution in [0.1, 0.15) is 24.0 Å². The summed E-state index contributed by atoms with van der Waals surface area (Å²) in [6.45, 7) is 0. The van der Waals surface area contributed by atoms with Crippen molar-refractivity contribution in [3.05, 3.63) is 73.3 Å². The monoisotopic (exact) mass is 515 g/mol. The average Bonchev–Trinajstić information content (AvgIpc) is 3.24. The number of hydrogen-bond acceptors (Lipinski definition) is 5. The van der Waals surface area contributed by atoms with Crippen molar-refractivity contribution in [2.24, 2.45) is 0 Å². The van der Waals surface area contributed by atoms with E-state index in [2.05, 4.69) is 33.5 Å². The Balaban J connectivity index is 1.34. The standard InChI is InChI=1S/C24H19Cl2N3O2S2/c25-16-7-8-19(18(26)10-16)27-20(30)12-33-24-28-22(31)21-17(11-32-23(21)29-24)15-6-5-13-3-1-2-4-14(13)9-15/h5-11H,1-4,12H2,(H,27,30)(H,28,29,31). The Morgan fingerprint density at radius 1 is 1.12 bits per heavy atom. The third kappa shape index (κ3) is 4.82.